The van der Waals surface area contributed by atoms with Crippen LogP contribution in [0.3, 0.4) is 0 Å². The number of anilines is 1. The van der Waals surface area contributed by atoms with Crippen molar-refractivity contribution in [1.82, 2.24) is 19.7 Å². The van der Waals surface area contributed by atoms with Crippen LogP contribution in [0.5, 0.6) is 0 Å². The highest BCUT2D eigenvalue weighted by Gasteiger charge is 2.26. The number of hydrogen-bond donors (Lipinski definition) is 2. The van der Waals surface area contributed by atoms with Crippen molar-refractivity contribution in [2.45, 2.75) is 38.1 Å². The monoisotopic (exact) mass is 545 g/mol. The van der Waals surface area contributed by atoms with E-state index in [1.54, 1.807) is 11.1 Å². The molecule has 3 heterocycles. The van der Waals surface area contributed by atoms with Gasteiger partial charge in [0.15, 0.2) is 11.8 Å². The maximum Gasteiger partial charge on any atom is 0.410 e. The molecule has 0 bridgehead atoms. The number of guanidine groups is 1. The number of nitrogens with two attached hydrogens (primary N) is 1. The number of benzene rings is 1. The number of nitrogens with one attached hydrogen (secondary N) is 1. The highest BCUT2D eigenvalue weighted by atomic mass is 16.6. The van der Waals surface area contributed by atoms with Crippen LogP contribution in [0.1, 0.15) is 48.0 Å². The number of aliphatic imine (C=N–C) groups is 1. The number of amides is 2. The fraction of sp³-hybridized carbons (Fsp3) is 0.467. The summed E-state index contributed by atoms with van der Waals surface area (Å²) in [5.41, 5.74) is 9.58. The van der Waals surface area contributed by atoms with Gasteiger partial charge < -0.3 is 30.5 Å². The third-order valence-corrected chi connectivity index (χ3v) is 7.93. The Morgan fingerprint density at radius 2 is 1.88 bits per heavy atom. The molecule has 10 nitrogen and oxygen atoms in total. The summed E-state index contributed by atoms with van der Waals surface area (Å²) in [6.45, 7) is 3.61. The molecule has 3 N–H and O–H groups in total. The molecule has 0 unspecified atom stereocenters. The fourth-order valence-corrected chi connectivity index (χ4v) is 5.12. The van der Waals surface area contributed by atoms with Crippen molar-refractivity contribution in [2.24, 2.45) is 16.6 Å². The largest absolute Gasteiger partial charge is 0.449 e. The molecule has 0 spiro atoms. The fourth-order valence-electron chi connectivity index (χ4n) is 5.12. The number of nitrogens with zero attached hydrogens (tertiary/aromatic N) is 5. The molecular formula is C30H39N7O3. The van der Waals surface area contributed by atoms with Gasteiger partial charge in [-0.3, -0.25) is 4.79 Å². The van der Waals surface area contributed by atoms with Crippen LogP contribution in [0.2, 0.25) is 0 Å². The summed E-state index contributed by atoms with van der Waals surface area (Å²) in [6, 6.07) is 11.4. The number of hydrogen-bond acceptors (Lipinski definition) is 6. The van der Waals surface area contributed by atoms with Crippen LogP contribution < -0.4 is 11.1 Å². The first-order valence-corrected chi connectivity index (χ1v) is 14.1. The molecule has 2 aliphatic heterocycles. The van der Waals surface area contributed by atoms with E-state index in [-0.39, 0.29) is 24.0 Å². The third kappa shape index (κ3) is 6.98. The van der Waals surface area contributed by atoms with Gasteiger partial charge in [-0.15, -0.1) is 0 Å². The molecule has 10 heteroatoms. The first kappa shape index (κ1) is 27.6. The average Bonchev–Trinajstić information content (AvgIpc) is 3.81. The number of likely N-dealkylation sites (tertiary alicyclic amines) is 1. The minimum Gasteiger partial charge on any atom is -0.449 e. The summed E-state index contributed by atoms with van der Waals surface area (Å²) < 4.78 is 5.42. The molecule has 1 saturated carbocycles. The van der Waals surface area contributed by atoms with E-state index in [2.05, 4.69) is 27.2 Å². The Morgan fingerprint density at radius 3 is 2.55 bits per heavy atom. The maximum atomic E-state index is 13.0. The lowest BCUT2D eigenvalue weighted by atomic mass is 10.0. The summed E-state index contributed by atoms with van der Waals surface area (Å²) in [5, 5.41) is 3.10. The Hall–Kier alpha value is -3.92. The van der Waals surface area contributed by atoms with Crippen LogP contribution in [0.15, 0.2) is 53.7 Å². The molecule has 5 rings (SSSR count). The second-order valence-corrected chi connectivity index (χ2v) is 11.0. The molecule has 1 aromatic heterocycles. The minimum atomic E-state index is -0.249. The van der Waals surface area contributed by atoms with Crippen molar-refractivity contribution in [2.75, 3.05) is 52.2 Å². The quantitative estimate of drug-likeness (QED) is 0.400. The molecule has 0 atom stereocenters. The summed E-state index contributed by atoms with van der Waals surface area (Å²) in [7, 11) is 4.00. The van der Waals surface area contributed by atoms with Gasteiger partial charge in [-0.05, 0) is 100 Å². The Morgan fingerprint density at radius 1 is 1.12 bits per heavy atom. The summed E-state index contributed by atoms with van der Waals surface area (Å²) in [6.07, 6.45) is 8.43. The highest BCUT2D eigenvalue weighted by Crippen LogP contribution is 2.31. The number of pyridine rings is 1. The molecule has 40 heavy (non-hydrogen) atoms. The normalized spacial score (nSPS) is 18.7. The zero-order valence-corrected chi connectivity index (χ0v) is 23.4. The SMILES string of the molecule is CN1CCC(N(C)C(=O)c2ccc(NC(N)=Nc3ncccc3C3=CCN(C(=O)OCC4CC4)CC3)cc2)CC1. The summed E-state index contributed by atoms with van der Waals surface area (Å²) >= 11 is 0. The molecule has 212 valence electrons. The second-order valence-electron chi connectivity index (χ2n) is 11.0. The van der Waals surface area contributed by atoms with Crippen LogP contribution in [-0.2, 0) is 4.74 Å². The second kappa shape index (κ2) is 12.5. The van der Waals surface area contributed by atoms with E-state index in [1.807, 2.05) is 54.4 Å². The molecule has 3 aliphatic rings. The van der Waals surface area contributed by atoms with Crippen molar-refractivity contribution < 1.29 is 14.3 Å². The Labute approximate surface area is 235 Å². The first-order valence-electron chi connectivity index (χ1n) is 14.1. The van der Waals surface area contributed by atoms with Gasteiger partial charge >= 0.3 is 6.09 Å². The van der Waals surface area contributed by atoms with Crippen molar-refractivity contribution >= 4 is 35.0 Å². The van der Waals surface area contributed by atoms with Gasteiger partial charge in [0.05, 0.1) is 6.61 Å². The minimum absolute atomic E-state index is 0.0244. The van der Waals surface area contributed by atoms with Gasteiger partial charge in [0.25, 0.3) is 5.91 Å². The van der Waals surface area contributed by atoms with Crippen LogP contribution >= 0.6 is 0 Å². The van der Waals surface area contributed by atoms with Gasteiger partial charge in [0, 0.05) is 49.2 Å². The van der Waals surface area contributed by atoms with Gasteiger partial charge in [-0.25, -0.2) is 9.78 Å². The van der Waals surface area contributed by atoms with E-state index >= 15 is 0 Å². The van der Waals surface area contributed by atoms with Crippen molar-refractivity contribution in [3.05, 3.63) is 59.8 Å². The van der Waals surface area contributed by atoms with Crippen LogP contribution in [0.4, 0.5) is 16.3 Å². The molecule has 2 amide bonds. The van der Waals surface area contributed by atoms with Gasteiger partial charge in [-0.2, -0.15) is 4.99 Å². The van der Waals surface area contributed by atoms with Gasteiger partial charge in [0.2, 0.25) is 0 Å². The number of rotatable bonds is 7. The molecule has 2 fully saturated rings. The Kier molecular flexibility index (Phi) is 8.64. The van der Waals surface area contributed by atoms with E-state index in [0.717, 1.165) is 55.6 Å². The Balaban J connectivity index is 1.19. The van der Waals surface area contributed by atoms with Crippen molar-refractivity contribution in [1.29, 1.82) is 0 Å². The zero-order chi connectivity index (χ0) is 28.1. The van der Waals surface area contributed by atoms with Gasteiger partial charge in [0.1, 0.15) is 0 Å². The average molecular weight is 546 g/mol. The zero-order valence-electron chi connectivity index (χ0n) is 23.4. The van der Waals surface area contributed by atoms with E-state index in [9.17, 15) is 9.59 Å². The molecule has 0 radical (unpaired) electrons. The van der Waals surface area contributed by atoms with Crippen LogP contribution in [-0.4, -0.2) is 90.6 Å². The number of aromatic nitrogens is 1. The lowest BCUT2D eigenvalue weighted by molar-refractivity contribution is 0.0659. The van der Waals surface area contributed by atoms with Crippen LogP contribution in [0.25, 0.3) is 5.57 Å². The standard InChI is InChI=1S/C30H39N7O3/c1-35-16-13-25(14-17-35)36(2)28(38)23-7-9-24(10-8-23)33-29(31)34-27-26(4-3-15-32-27)22-11-18-37(19-12-22)30(39)40-20-21-5-6-21/h3-4,7-11,15,21,25H,5-6,12-14,16-20H2,1-2H3,(H3,31,32,33,34). The smallest absolute Gasteiger partial charge is 0.410 e. The third-order valence-electron chi connectivity index (χ3n) is 7.93. The van der Waals surface area contributed by atoms with Gasteiger partial charge in [-0.1, -0.05) is 6.08 Å². The lowest BCUT2D eigenvalue weighted by Crippen LogP contribution is -2.44. The molecular weight excluding hydrogens is 506 g/mol. The summed E-state index contributed by atoms with van der Waals surface area (Å²) in [5.74, 6) is 1.28. The number of ether oxygens (including phenoxy) is 1. The molecule has 1 aliphatic carbocycles. The summed E-state index contributed by atoms with van der Waals surface area (Å²) in [4.78, 5) is 40.2. The topological polar surface area (TPSA) is 116 Å². The first-order chi connectivity index (χ1) is 19.4. The van der Waals surface area contributed by atoms with E-state index < -0.39 is 0 Å². The predicted molar refractivity (Wildman–Crippen MR) is 156 cm³/mol. The van der Waals surface area contributed by atoms with E-state index in [0.29, 0.717) is 43.4 Å². The Bertz CT molecular complexity index is 1260. The number of carbonyl (C=O) groups excluding carboxylic acids is 2. The van der Waals surface area contributed by atoms with E-state index in [1.165, 1.54) is 0 Å². The number of piperidine rings is 1. The highest BCUT2D eigenvalue weighted by molar-refractivity contribution is 5.97. The molecule has 1 aromatic carbocycles. The van der Waals surface area contributed by atoms with Crippen molar-refractivity contribution in [3.63, 3.8) is 0 Å². The van der Waals surface area contributed by atoms with Crippen molar-refractivity contribution in [3.8, 4) is 0 Å². The lowest BCUT2D eigenvalue weighted by Gasteiger charge is -2.35. The predicted octanol–water partition coefficient (Wildman–Crippen LogP) is 3.94. The van der Waals surface area contributed by atoms with E-state index in [4.69, 9.17) is 10.5 Å². The van der Waals surface area contributed by atoms with Crippen LogP contribution in [0, 0.1) is 5.92 Å². The number of carbonyl (C=O) groups is 2. The molecule has 1 saturated heterocycles. The molecule has 2 aromatic rings. The maximum absolute atomic E-state index is 13.0.